The molecule has 0 aliphatic carbocycles. The highest BCUT2D eigenvalue weighted by molar-refractivity contribution is 9.10. The fraction of sp³-hybridized carbons (Fsp3) is 0.188. The molecule has 8 nitrogen and oxygen atoms in total. The molecule has 0 radical (unpaired) electrons. The predicted molar refractivity (Wildman–Crippen MR) is 107 cm³/mol. The summed E-state index contributed by atoms with van der Waals surface area (Å²) in [4.78, 5) is 12.2. The van der Waals surface area contributed by atoms with Crippen LogP contribution in [0, 0.1) is 0 Å². The lowest BCUT2D eigenvalue weighted by Crippen LogP contribution is -2.36. The molecule has 0 atom stereocenters. The molecule has 1 rings (SSSR count). The number of benzene rings is 1. The quantitative estimate of drug-likeness (QED) is 0.320. The van der Waals surface area contributed by atoms with Crippen molar-refractivity contribution in [1.82, 2.24) is 0 Å². The van der Waals surface area contributed by atoms with Gasteiger partial charge in [-0.15, -0.1) is 0 Å². The number of nitrogens with zero attached hydrogens (tertiary/aromatic N) is 1. The van der Waals surface area contributed by atoms with E-state index in [0.717, 1.165) is 19.2 Å². The molecule has 0 aliphatic heterocycles. The van der Waals surface area contributed by atoms with Gasteiger partial charge >= 0.3 is 5.97 Å². The van der Waals surface area contributed by atoms with Gasteiger partial charge in [-0.05, 0) is 40.2 Å². The van der Waals surface area contributed by atoms with Crippen molar-refractivity contribution < 1.29 is 31.1 Å². The van der Waals surface area contributed by atoms with E-state index in [4.69, 9.17) is 4.74 Å². The van der Waals surface area contributed by atoms with Gasteiger partial charge in [-0.25, -0.2) is 21.6 Å². The first-order valence-electron chi connectivity index (χ1n) is 7.12. The molecular weight excluding hydrogens is 462 g/mol. The van der Waals surface area contributed by atoms with Crippen molar-refractivity contribution in [3.63, 3.8) is 0 Å². The average Bonchev–Trinajstić information content (AvgIpc) is 2.53. The average molecular weight is 480 g/mol. The Labute approximate surface area is 167 Å². The Morgan fingerprint density at radius 2 is 1.70 bits per heavy atom. The molecule has 0 unspecified atom stereocenters. The topological polar surface area (TPSA) is 107 Å². The third-order valence-electron chi connectivity index (χ3n) is 2.97. The number of allylic oxidation sites excluding steroid dienone is 3. The summed E-state index contributed by atoms with van der Waals surface area (Å²) in [7, 11) is -7.47. The van der Waals surface area contributed by atoms with Gasteiger partial charge in [-0.3, -0.25) is 0 Å². The van der Waals surface area contributed by atoms with Crippen LogP contribution in [-0.4, -0.2) is 42.4 Å². The smallest absolute Gasteiger partial charge is 0.340 e. The zero-order valence-electron chi connectivity index (χ0n) is 14.8. The van der Waals surface area contributed by atoms with Crippen LogP contribution in [0.5, 0.6) is 5.75 Å². The summed E-state index contributed by atoms with van der Waals surface area (Å²) in [6.07, 6.45) is 5.76. The number of sulfonamides is 2. The van der Waals surface area contributed by atoms with Gasteiger partial charge in [-0.1, -0.05) is 19.2 Å². The van der Waals surface area contributed by atoms with Gasteiger partial charge in [0.05, 0.1) is 35.3 Å². The number of carbonyl (C=O) groups excluding carboxylic acids is 1. The molecule has 0 spiro atoms. The summed E-state index contributed by atoms with van der Waals surface area (Å²) in [5.74, 6) is -0.557. The number of hydrogen-bond donors (Lipinski definition) is 0. The molecule has 0 N–H and O–H groups in total. The van der Waals surface area contributed by atoms with E-state index in [9.17, 15) is 21.6 Å². The van der Waals surface area contributed by atoms with Crippen LogP contribution in [0.2, 0.25) is 0 Å². The second kappa shape index (κ2) is 8.72. The number of esters is 1. The number of ether oxygens (including phenoxy) is 2. The van der Waals surface area contributed by atoms with Gasteiger partial charge in [0.25, 0.3) is 0 Å². The highest BCUT2D eigenvalue weighted by Crippen LogP contribution is 2.37. The monoisotopic (exact) mass is 479 g/mol. The van der Waals surface area contributed by atoms with Crippen molar-refractivity contribution in [2.45, 2.75) is 0 Å². The van der Waals surface area contributed by atoms with Crippen molar-refractivity contribution in [2.75, 3.05) is 23.3 Å². The van der Waals surface area contributed by atoms with Crippen LogP contribution in [0.25, 0.3) is 0 Å². The van der Waals surface area contributed by atoms with E-state index >= 15 is 0 Å². The van der Waals surface area contributed by atoms with Crippen LogP contribution in [0.3, 0.4) is 0 Å². The molecular formula is C16H18BrNO7S2. The molecule has 0 fully saturated rings. The lowest BCUT2D eigenvalue weighted by atomic mass is 10.1. The normalized spacial score (nSPS) is 12.2. The van der Waals surface area contributed by atoms with Gasteiger partial charge in [0, 0.05) is 0 Å². The Morgan fingerprint density at radius 1 is 1.15 bits per heavy atom. The molecule has 0 aromatic heterocycles. The Hall–Kier alpha value is -2.11. The maximum Gasteiger partial charge on any atom is 0.340 e. The van der Waals surface area contributed by atoms with Crippen molar-refractivity contribution in [2.24, 2.45) is 0 Å². The molecule has 148 valence electrons. The van der Waals surface area contributed by atoms with E-state index in [0.29, 0.717) is 12.5 Å². The van der Waals surface area contributed by atoms with E-state index in [1.54, 1.807) is 0 Å². The van der Waals surface area contributed by atoms with Gasteiger partial charge in [0.1, 0.15) is 11.5 Å². The van der Waals surface area contributed by atoms with Crippen LogP contribution < -0.4 is 8.45 Å². The highest BCUT2D eigenvalue weighted by Gasteiger charge is 2.32. The lowest BCUT2D eigenvalue weighted by molar-refractivity contribution is 0.0601. The van der Waals surface area contributed by atoms with E-state index in [2.05, 4.69) is 33.8 Å². The number of rotatable bonds is 8. The number of methoxy groups -OCH3 is 1. The second-order valence-corrected chi connectivity index (χ2v) is 9.87. The molecule has 0 bridgehead atoms. The van der Waals surface area contributed by atoms with Gasteiger partial charge in [-0.2, -0.15) is 3.71 Å². The predicted octanol–water partition coefficient (Wildman–Crippen LogP) is 2.60. The summed E-state index contributed by atoms with van der Waals surface area (Å²) < 4.78 is 58.8. The first-order chi connectivity index (χ1) is 12.4. The van der Waals surface area contributed by atoms with E-state index < -0.39 is 31.7 Å². The molecule has 0 saturated carbocycles. The van der Waals surface area contributed by atoms with E-state index in [-0.39, 0.29) is 25.3 Å². The van der Waals surface area contributed by atoms with Crippen molar-refractivity contribution in [1.29, 1.82) is 0 Å². The van der Waals surface area contributed by atoms with Gasteiger partial charge in [0.2, 0.25) is 20.0 Å². The Morgan fingerprint density at radius 3 is 2.11 bits per heavy atom. The molecule has 0 aliphatic rings. The molecule has 1 aromatic rings. The summed E-state index contributed by atoms with van der Waals surface area (Å²) in [5, 5.41) is 0. The molecule has 27 heavy (non-hydrogen) atoms. The highest BCUT2D eigenvalue weighted by atomic mass is 79.9. The SMILES string of the molecule is C=C/C=C(\C=C)Oc1cc(C(=O)OC)c(N(S(C)(=O)=O)S(C)(=O)=O)cc1Br. The maximum absolute atomic E-state index is 12.2. The lowest BCUT2D eigenvalue weighted by Gasteiger charge is -2.23. The third-order valence-corrected chi connectivity index (χ3v) is 6.81. The minimum absolute atomic E-state index is 0.106. The molecule has 11 heteroatoms. The van der Waals surface area contributed by atoms with Crippen LogP contribution in [0.15, 0.2) is 53.8 Å². The zero-order chi connectivity index (χ0) is 21.0. The number of carbonyl (C=O) groups is 1. The second-order valence-electron chi connectivity index (χ2n) is 5.13. The molecule has 0 amide bonds. The van der Waals surface area contributed by atoms with E-state index in [1.807, 2.05) is 0 Å². The molecule has 1 aromatic carbocycles. The Balaban J connectivity index is 3.80. The largest absolute Gasteiger partial charge is 0.465 e. The zero-order valence-corrected chi connectivity index (χ0v) is 18.0. The van der Waals surface area contributed by atoms with Crippen molar-refractivity contribution in [3.05, 3.63) is 59.3 Å². The first-order valence-corrected chi connectivity index (χ1v) is 11.6. The summed E-state index contributed by atoms with van der Waals surface area (Å²) in [6, 6.07) is 2.30. The van der Waals surface area contributed by atoms with Crippen LogP contribution in [0.4, 0.5) is 5.69 Å². The van der Waals surface area contributed by atoms with Gasteiger partial charge in [0.15, 0.2) is 0 Å². The van der Waals surface area contributed by atoms with Crippen molar-refractivity contribution in [3.8, 4) is 5.75 Å². The fourth-order valence-corrected chi connectivity index (χ4v) is 5.43. The summed E-state index contributed by atoms with van der Waals surface area (Å²) in [6.45, 7) is 7.11. The first kappa shape index (κ1) is 22.9. The molecule has 0 heterocycles. The standard InChI is InChI=1S/C16H18BrNO7S2/c1-6-8-11(7-2)25-15-9-12(16(19)24-3)14(10-13(15)17)18(26(4,20)21)27(5,22)23/h6-10H,1-2H2,3-5H3/b11-8+. The summed E-state index contributed by atoms with van der Waals surface area (Å²) in [5.41, 5.74) is -0.729. The number of hydrogen-bond acceptors (Lipinski definition) is 7. The van der Waals surface area contributed by atoms with Gasteiger partial charge < -0.3 is 9.47 Å². The van der Waals surface area contributed by atoms with Crippen LogP contribution in [0.1, 0.15) is 10.4 Å². The van der Waals surface area contributed by atoms with Crippen LogP contribution in [-0.2, 0) is 24.8 Å². The van der Waals surface area contributed by atoms with Crippen LogP contribution >= 0.6 is 15.9 Å². The fourth-order valence-electron chi connectivity index (χ4n) is 2.04. The maximum atomic E-state index is 12.2. The van der Waals surface area contributed by atoms with E-state index in [1.165, 1.54) is 18.2 Å². The third kappa shape index (κ3) is 5.68. The minimum atomic E-state index is -4.27. The summed E-state index contributed by atoms with van der Waals surface area (Å²) >= 11 is 3.18. The number of halogens is 1. The Bertz CT molecular complexity index is 979. The van der Waals surface area contributed by atoms with Crippen molar-refractivity contribution >= 4 is 47.6 Å². The minimum Gasteiger partial charge on any atom is -0.465 e. The molecule has 0 saturated heterocycles. The Kier molecular flexibility index (Phi) is 7.40. The number of anilines is 1.